The van der Waals surface area contributed by atoms with Gasteiger partial charge in [-0.3, -0.25) is 4.79 Å². The number of carbonyl (C=O) groups excluding carboxylic acids is 1. The molecule has 11 heteroatoms. The predicted octanol–water partition coefficient (Wildman–Crippen LogP) is 3.12. The Kier molecular flexibility index (Phi) is 5.37. The number of hydrogen-bond donors (Lipinski definition) is 0. The number of morpholine rings is 1. The Balaban J connectivity index is 1.30. The molecule has 3 aromatic heterocycles. The Morgan fingerprint density at radius 3 is 2.80 bits per heavy atom. The number of thiazole rings is 1. The highest BCUT2D eigenvalue weighted by atomic mass is 32.1. The number of benzene rings is 1. The van der Waals surface area contributed by atoms with Gasteiger partial charge in [0.2, 0.25) is 5.91 Å². The van der Waals surface area contributed by atoms with Crippen LogP contribution in [0.2, 0.25) is 0 Å². The van der Waals surface area contributed by atoms with Gasteiger partial charge in [-0.15, -0.1) is 16.4 Å². The number of ether oxygens (including phenoxy) is 1. The molecule has 2 aliphatic rings. The van der Waals surface area contributed by atoms with E-state index in [0.717, 1.165) is 39.4 Å². The Morgan fingerprint density at radius 2 is 1.97 bits per heavy atom. The van der Waals surface area contributed by atoms with Crippen molar-refractivity contribution in [2.45, 2.75) is 13.0 Å². The van der Waals surface area contributed by atoms with Gasteiger partial charge in [0, 0.05) is 37.6 Å². The Labute approximate surface area is 205 Å². The monoisotopic (exact) mass is 493 g/mol. The summed E-state index contributed by atoms with van der Waals surface area (Å²) < 4.78 is 20.6. The molecule has 35 heavy (non-hydrogen) atoms. The van der Waals surface area contributed by atoms with Gasteiger partial charge in [0.25, 0.3) is 0 Å². The summed E-state index contributed by atoms with van der Waals surface area (Å²) in [6, 6.07) is 10.3. The summed E-state index contributed by atoms with van der Waals surface area (Å²) in [7, 11) is 1.95. The maximum Gasteiger partial charge on any atom is 0.249 e. The molecule has 0 spiro atoms. The van der Waals surface area contributed by atoms with Crippen LogP contribution >= 0.6 is 11.3 Å². The van der Waals surface area contributed by atoms with E-state index in [1.165, 1.54) is 23.5 Å². The first-order chi connectivity index (χ1) is 17.0. The summed E-state index contributed by atoms with van der Waals surface area (Å²) in [5, 5.41) is 7.67. The highest BCUT2D eigenvalue weighted by Crippen LogP contribution is 2.33. The molecule has 1 amide bonds. The smallest absolute Gasteiger partial charge is 0.249 e. The van der Waals surface area contributed by atoms with Crippen LogP contribution in [0.15, 0.2) is 41.8 Å². The van der Waals surface area contributed by atoms with Crippen LogP contribution in [0.1, 0.15) is 5.69 Å². The number of fused-ring (bicyclic) bond motifs is 2. The SMILES string of the molecule is Cc1nc2ccc(N3CCN4C(=O)COCC4C3)nn2c1N(C)c1nc(-c2ccc(F)cc2)cs1. The van der Waals surface area contributed by atoms with Crippen molar-refractivity contribution in [3.8, 4) is 11.3 Å². The average molecular weight is 494 g/mol. The van der Waals surface area contributed by atoms with Crippen molar-refractivity contribution < 1.29 is 13.9 Å². The highest BCUT2D eigenvalue weighted by Gasteiger charge is 2.34. The number of aryl methyl sites for hydroxylation is 1. The molecule has 2 aliphatic heterocycles. The van der Waals surface area contributed by atoms with Crippen molar-refractivity contribution in [2.24, 2.45) is 0 Å². The second-order valence-electron chi connectivity index (χ2n) is 8.77. The van der Waals surface area contributed by atoms with E-state index in [1.807, 2.05) is 45.8 Å². The number of piperazine rings is 1. The van der Waals surface area contributed by atoms with Gasteiger partial charge in [-0.25, -0.2) is 14.4 Å². The lowest BCUT2D eigenvalue weighted by molar-refractivity contribution is -0.148. The maximum absolute atomic E-state index is 13.3. The molecular weight excluding hydrogens is 469 g/mol. The molecule has 0 bridgehead atoms. The molecule has 180 valence electrons. The number of aromatic nitrogens is 4. The summed E-state index contributed by atoms with van der Waals surface area (Å²) in [5.41, 5.74) is 3.24. The number of hydrogen-bond acceptors (Lipinski definition) is 8. The van der Waals surface area contributed by atoms with Crippen molar-refractivity contribution >= 4 is 39.7 Å². The minimum atomic E-state index is -0.270. The minimum Gasteiger partial charge on any atom is -0.369 e. The topological polar surface area (TPSA) is 79.1 Å². The maximum atomic E-state index is 13.3. The van der Waals surface area contributed by atoms with Gasteiger partial charge in [-0.1, -0.05) is 0 Å². The normalized spacial score (nSPS) is 18.3. The van der Waals surface area contributed by atoms with Crippen molar-refractivity contribution in [3.05, 3.63) is 53.3 Å². The van der Waals surface area contributed by atoms with Gasteiger partial charge in [0.1, 0.15) is 18.2 Å². The summed E-state index contributed by atoms with van der Waals surface area (Å²) >= 11 is 1.51. The molecule has 4 aromatic rings. The predicted molar refractivity (Wildman–Crippen MR) is 132 cm³/mol. The lowest BCUT2D eigenvalue weighted by atomic mass is 10.1. The number of halogens is 1. The van der Waals surface area contributed by atoms with Crippen LogP contribution in [-0.4, -0.2) is 76.3 Å². The van der Waals surface area contributed by atoms with E-state index in [2.05, 4.69) is 4.90 Å². The molecule has 1 unspecified atom stereocenters. The van der Waals surface area contributed by atoms with Gasteiger partial charge in [0.15, 0.2) is 16.6 Å². The van der Waals surface area contributed by atoms with Crippen LogP contribution < -0.4 is 9.80 Å². The largest absolute Gasteiger partial charge is 0.369 e. The van der Waals surface area contributed by atoms with Gasteiger partial charge in [-0.2, -0.15) is 4.52 Å². The fourth-order valence-corrected chi connectivity index (χ4v) is 5.54. The van der Waals surface area contributed by atoms with Gasteiger partial charge >= 0.3 is 0 Å². The molecule has 0 aliphatic carbocycles. The van der Waals surface area contributed by atoms with Crippen LogP contribution in [-0.2, 0) is 9.53 Å². The second-order valence-corrected chi connectivity index (χ2v) is 9.60. The van der Waals surface area contributed by atoms with E-state index in [9.17, 15) is 9.18 Å². The van der Waals surface area contributed by atoms with Crippen LogP contribution in [0.5, 0.6) is 0 Å². The molecule has 6 rings (SSSR count). The Morgan fingerprint density at radius 1 is 1.14 bits per heavy atom. The molecule has 0 saturated carbocycles. The van der Waals surface area contributed by atoms with Crippen molar-refractivity contribution in [3.63, 3.8) is 0 Å². The van der Waals surface area contributed by atoms with Crippen molar-refractivity contribution in [1.29, 1.82) is 0 Å². The lowest BCUT2D eigenvalue weighted by Gasteiger charge is -2.43. The fourth-order valence-electron chi connectivity index (χ4n) is 4.74. The Hall–Kier alpha value is -3.57. The minimum absolute atomic E-state index is 0.0364. The zero-order valence-electron chi connectivity index (χ0n) is 19.4. The van der Waals surface area contributed by atoms with Crippen LogP contribution in [0.3, 0.4) is 0 Å². The molecule has 2 saturated heterocycles. The summed E-state index contributed by atoms with van der Waals surface area (Å²) in [6.07, 6.45) is 0. The average Bonchev–Trinajstić information content (AvgIpc) is 3.48. The quantitative estimate of drug-likeness (QED) is 0.432. The Bertz CT molecular complexity index is 1400. The van der Waals surface area contributed by atoms with E-state index in [0.29, 0.717) is 26.2 Å². The summed E-state index contributed by atoms with van der Waals surface area (Å²) in [4.78, 5) is 27.7. The fraction of sp³-hybridized carbons (Fsp3) is 0.333. The highest BCUT2D eigenvalue weighted by molar-refractivity contribution is 7.14. The van der Waals surface area contributed by atoms with Crippen LogP contribution in [0, 0.1) is 12.7 Å². The number of nitrogens with zero attached hydrogens (tertiary/aromatic N) is 7. The molecule has 9 nitrogen and oxygen atoms in total. The third-order valence-corrected chi connectivity index (χ3v) is 7.42. The van der Waals surface area contributed by atoms with Gasteiger partial charge < -0.3 is 19.4 Å². The third kappa shape index (κ3) is 3.90. The van der Waals surface area contributed by atoms with E-state index < -0.39 is 0 Å². The number of imidazole rings is 1. The third-order valence-electron chi connectivity index (χ3n) is 6.51. The standard InChI is InChI=1S/C24H24FN7O2S/c1-15-23(29(2)24-27-19(14-35-24)16-3-5-17(25)6-4-16)32-20(26-15)7-8-21(28-32)30-9-10-31-18(11-30)12-34-13-22(31)33/h3-8,14,18H,9-13H2,1-2H3. The molecular formula is C24H24FN7O2S. The number of amides is 1. The lowest BCUT2D eigenvalue weighted by Crippen LogP contribution is -2.60. The van der Waals surface area contributed by atoms with Crippen LogP contribution in [0.25, 0.3) is 16.9 Å². The van der Waals surface area contributed by atoms with E-state index in [-0.39, 0.29) is 24.4 Å². The number of anilines is 3. The summed E-state index contributed by atoms with van der Waals surface area (Å²) in [6.45, 7) is 4.73. The zero-order valence-corrected chi connectivity index (χ0v) is 20.2. The first-order valence-corrected chi connectivity index (χ1v) is 12.3. The first-order valence-electron chi connectivity index (χ1n) is 11.4. The molecule has 0 radical (unpaired) electrons. The van der Waals surface area contributed by atoms with Gasteiger partial charge in [0.05, 0.1) is 24.0 Å². The molecule has 1 atom stereocenters. The van der Waals surface area contributed by atoms with Crippen LogP contribution in [0.4, 0.5) is 21.2 Å². The van der Waals surface area contributed by atoms with E-state index in [4.69, 9.17) is 19.8 Å². The van der Waals surface area contributed by atoms with Crippen molar-refractivity contribution in [1.82, 2.24) is 24.5 Å². The van der Waals surface area contributed by atoms with Gasteiger partial charge in [-0.05, 0) is 43.3 Å². The van der Waals surface area contributed by atoms with Crippen molar-refractivity contribution in [2.75, 3.05) is 49.7 Å². The summed E-state index contributed by atoms with van der Waals surface area (Å²) in [5.74, 6) is 1.44. The van der Waals surface area contributed by atoms with E-state index in [1.54, 1.807) is 12.1 Å². The molecule has 1 aromatic carbocycles. The number of carbonyl (C=O) groups is 1. The first kappa shape index (κ1) is 21.9. The molecule has 5 heterocycles. The molecule has 0 N–H and O–H groups in total. The number of rotatable bonds is 4. The molecule has 2 fully saturated rings. The second kappa shape index (κ2) is 8.58. The zero-order chi connectivity index (χ0) is 24.1. The van der Waals surface area contributed by atoms with E-state index >= 15 is 0 Å².